The van der Waals surface area contributed by atoms with Crippen LogP contribution in [0.3, 0.4) is 0 Å². The standard InChI is InChI=1S/C55H60N4O6S/c1-38(65-52(2,3)4)47(51(63)64)58-49(61)45(37-46(60)59-54(39-25-13-7-14-26-39,40-27-15-8-16-28-40)41-29-17-9-18-30-41)57-50(62)48(56)53(5,6)66-55(42-31-19-10-20-32-42,43-33-21-11-22-34-43)44-35-23-12-24-36-44/h7-36,38,45,47-48H,37,56H2,1-6H3,(H,57,62)(H,58,61)(H,59,60)(H,63,64)/t38-,45+,47+,48-/m1/s1. The summed E-state index contributed by atoms with van der Waals surface area (Å²) >= 11 is 1.50. The van der Waals surface area contributed by atoms with Crippen LogP contribution in [-0.4, -0.2) is 63.4 Å². The van der Waals surface area contributed by atoms with E-state index in [2.05, 4.69) is 52.3 Å². The highest BCUT2D eigenvalue weighted by atomic mass is 32.2. The van der Waals surface area contributed by atoms with Crippen molar-refractivity contribution in [1.82, 2.24) is 16.0 Å². The maximum atomic E-state index is 14.8. The van der Waals surface area contributed by atoms with E-state index < -0.39 is 75.0 Å². The third kappa shape index (κ3) is 11.3. The van der Waals surface area contributed by atoms with Gasteiger partial charge in [-0.2, -0.15) is 0 Å². The van der Waals surface area contributed by atoms with Crippen LogP contribution >= 0.6 is 11.8 Å². The van der Waals surface area contributed by atoms with Gasteiger partial charge in [-0.25, -0.2) is 4.79 Å². The molecule has 342 valence electrons. The third-order valence-corrected chi connectivity index (χ3v) is 13.3. The average molecular weight is 905 g/mol. The molecule has 6 N–H and O–H groups in total. The van der Waals surface area contributed by atoms with Crippen molar-refractivity contribution >= 4 is 35.5 Å². The summed E-state index contributed by atoms with van der Waals surface area (Å²) in [5, 5.41) is 19.0. The van der Waals surface area contributed by atoms with Crippen LogP contribution in [0.15, 0.2) is 182 Å². The van der Waals surface area contributed by atoms with Crippen molar-refractivity contribution in [2.24, 2.45) is 5.73 Å². The second-order valence-corrected chi connectivity index (χ2v) is 19.8. The smallest absolute Gasteiger partial charge is 0.328 e. The Morgan fingerprint density at radius 2 is 0.909 bits per heavy atom. The van der Waals surface area contributed by atoms with Gasteiger partial charge in [-0.05, 0) is 74.9 Å². The molecule has 0 radical (unpaired) electrons. The summed E-state index contributed by atoms with van der Waals surface area (Å²) in [6.45, 7) is 10.6. The molecule has 0 aromatic heterocycles. The zero-order chi connectivity index (χ0) is 47.5. The molecule has 0 fully saturated rings. The van der Waals surface area contributed by atoms with Crippen molar-refractivity contribution in [2.75, 3.05) is 0 Å². The van der Waals surface area contributed by atoms with Gasteiger partial charge in [0.2, 0.25) is 17.7 Å². The maximum Gasteiger partial charge on any atom is 0.328 e. The van der Waals surface area contributed by atoms with Crippen LogP contribution in [0.25, 0.3) is 0 Å². The minimum absolute atomic E-state index is 0.574. The molecule has 0 spiro atoms. The topological polar surface area (TPSA) is 160 Å². The third-order valence-electron chi connectivity index (χ3n) is 11.5. The number of carbonyl (C=O) groups excluding carboxylic acids is 3. The molecule has 6 aromatic carbocycles. The minimum Gasteiger partial charge on any atom is -0.480 e. The Hall–Kier alpha value is -6.53. The lowest BCUT2D eigenvalue weighted by Crippen LogP contribution is -2.61. The molecule has 11 heteroatoms. The van der Waals surface area contributed by atoms with E-state index in [1.54, 1.807) is 27.7 Å². The Morgan fingerprint density at radius 3 is 1.24 bits per heavy atom. The fraction of sp³-hybridized carbons (Fsp3) is 0.273. The van der Waals surface area contributed by atoms with Crippen molar-refractivity contribution in [3.8, 4) is 0 Å². The molecule has 66 heavy (non-hydrogen) atoms. The fourth-order valence-corrected chi connectivity index (χ4v) is 10.2. The number of aliphatic carboxylic acids is 1. The quantitative estimate of drug-likeness (QED) is 0.0506. The number of rotatable bonds is 19. The summed E-state index contributed by atoms with van der Waals surface area (Å²) in [7, 11) is 0. The van der Waals surface area contributed by atoms with Crippen LogP contribution in [-0.2, 0) is 34.2 Å². The molecule has 10 nitrogen and oxygen atoms in total. The van der Waals surface area contributed by atoms with Crippen molar-refractivity contribution in [1.29, 1.82) is 0 Å². The predicted molar refractivity (Wildman–Crippen MR) is 263 cm³/mol. The summed E-state index contributed by atoms with van der Waals surface area (Å²) in [5.41, 5.74) is 10.2. The van der Waals surface area contributed by atoms with Crippen LogP contribution in [0.1, 0.15) is 81.3 Å². The van der Waals surface area contributed by atoms with Gasteiger partial charge in [0, 0.05) is 4.75 Å². The lowest BCUT2D eigenvalue weighted by molar-refractivity contribution is -0.150. The molecule has 0 saturated carbocycles. The predicted octanol–water partition coefficient (Wildman–Crippen LogP) is 8.57. The summed E-state index contributed by atoms with van der Waals surface area (Å²) in [4.78, 5) is 56.9. The number of nitrogens with one attached hydrogen (secondary N) is 3. The number of hydrogen-bond donors (Lipinski definition) is 5. The molecule has 0 saturated heterocycles. The number of ether oxygens (including phenoxy) is 1. The van der Waals surface area contributed by atoms with Gasteiger partial charge in [0.15, 0.2) is 6.04 Å². The summed E-state index contributed by atoms with van der Waals surface area (Å²) < 4.78 is 4.07. The Labute approximate surface area is 392 Å². The number of thioether (sulfide) groups is 1. The van der Waals surface area contributed by atoms with E-state index in [0.717, 1.165) is 33.4 Å². The van der Waals surface area contributed by atoms with E-state index >= 15 is 0 Å². The Kier molecular flexibility index (Phi) is 15.7. The molecule has 3 amide bonds. The van der Waals surface area contributed by atoms with Crippen LogP contribution in [0, 0.1) is 0 Å². The van der Waals surface area contributed by atoms with Crippen molar-refractivity contribution in [3.05, 3.63) is 215 Å². The van der Waals surface area contributed by atoms with E-state index in [9.17, 15) is 24.3 Å². The SMILES string of the molecule is C[C@@H](OC(C)(C)C)[C@H](NC(=O)[C@H](CC(=O)NC(c1ccccc1)(c1ccccc1)c1ccccc1)NC(=O)[C@@H](N)C(C)(C)SC(c1ccccc1)(c1ccccc1)c1ccccc1)C(=O)O. The minimum atomic E-state index is -1.57. The highest BCUT2D eigenvalue weighted by Gasteiger charge is 2.47. The number of hydrogen-bond acceptors (Lipinski definition) is 7. The van der Waals surface area contributed by atoms with Gasteiger partial charge in [0.1, 0.15) is 11.6 Å². The van der Waals surface area contributed by atoms with E-state index in [0.29, 0.717) is 0 Å². The Bertz CT molecular complexity index is 2330. The summed E-state index contributed by atoms with van der Waals surface area (Å²) in [6.07, 6.45) is -1.56. The second kappa shape index (κ2) is 21.2. The first-order valence-electron chi connectivity index (χ1n) is 22.1. The number of carboxylic acids is 1. The zero-order valence-corrected chi connectivity index (χ0v) is 39.1. The summed E-state index contributed by atoms with van der Waals surface area (Å²) in [5.74, 6) is -3.56. The van der Waals surface area contributed by atoms with Crippen molar-refractivity contribution in [3.63, 3.8) is 0 Å². The second-order valence-electron chi connectivity index (χ2n) is 17.9. The number of carboxylic acid groups (broad SMARTS) is 1. The zero-order valence-electron chi connectivity index (χ0n) is 38.3. The molecular weight excluding hydrogens is 845 g/mol. The van der Waals surface area contributed by atoms with Gasteiger partial charge in [-0.1, -0.05) is 182 Å². The number of benzene rings is 6. The number of nitrogens with two attached hydrogens (primary N) is 1. The molecule has 0 bridgehead atoms. The van der Waals surface area contributed by atoms with Crippen molar-refractivity contribution < 1.29 is 29.0 Å². The Balaban J connectivity index is 1.39. The van der Waals surface area contributed by atoms with Crippen LogP contribution in [0.5, 0.6) is 0 Å². The van der Waals surface area contributed by atoms with E-state index in [4.69, 9.17) is 10.5 Å². The molecule has 0 aliphatic carbocycles. The van der Waals surface area contributed by atoms with E-state index in [1.807, 2.05) is 159 Å². The van der Waals surface area contributed by atoms with E-state index in [-0.39, 0.29) is 0 Å². The van der Waals surface area contributed by atoms with Gasteiger partial charge < -0.3 is 31.5 Å². The van der Waals surface area contributed by atoms with Gasteiger partial charge in [-0.15, -0.1) is 11.8 Å². The molecule has 0 unspecified atom stereocenters. The molecule has 0 heterocycles. The lowest BCUT2D eigenvalue weighted by Gasteiger charge is -2.43. The number of carbonyl (C=O) groups is 4. The highest BCUT2D eigenvalue weighted by molar-refractivity contribution is 8.02. The molecular formula is C55H60N4O6S. The monoisotopic (exact) mass is 904 g/mol. The molecule has 4 atom stereocenters. The van der Waals surface area contributed by atoms with Gasteiger partial charge in [0.25, 0.3) is 0 Å². The molecule has 0 aliphatic rings. The first-order valence-corrected chi connectivity index (χ1v) is 22.9. The highest BCUT2D eigenvalue weighted by Crippen LogP contribution is 2.54. The molecule has 0 aliphatic heterocycles. The van der Waals surface area contributed by atoms with Gasteiger partial charge in [0.05, 0.1) is 28.9 Å². The average Bonchev–Trinajstić information content (AvgIpc) is 3.32. The van der Waals surface area contributed by atoms with E-state index in [1.165, 1.54) is 11.8 Å². The number of amides is 3. The largest absolute Gasteiger partial charge is 0.480 e. The van der Waals surface area contributed by atoms with Crippen LogP contribution in [0.2, 0.25) is 0 Å². The van der Waals surface area contributed by atoms with Gasteiger partial charge >= 0.3 is 5.97 Å². The molecule has 6 rings (SSSR count). The first-order chi connectivity index (χ1) is 31.5. The lowest BCUT2D eigenvalue weighted by atomic mass is 9.77. The summed E-state index contributed by atoms with van der Waals surface area (Å²) in [6, 6.07) is 54.1. The van der Waals surface area contributed by atoms with Gasteiger partial charge in [-0.3, -0.25) is 14.4 Å². The van der Waals surface area contributed by atoms with Crippen molar-refractivity contribution in [2.45, 2.75) is 92.8 Å². The molecule has 6 aromatic rings. The normalized spacial score (nSPS) is 13.9. The van der Waals surface area contributed by atoms with Crippen LogP contribution in [0.4, 0.5) is 0 Å². The Morgan fingerprint density at radius 1 is 0.561 bits per heavy atom. The first kappa shape index (κ1) is 48.9. The fourth-order valence-electron chi connectivity index (χ4n) is 8.43. The maximum absolute atomic E-state index is 14.8. The van der Waals surface area contributed by atoms with Crippen LogP contribution < -0.4 is 21.7 Å².